The molecule has 0 saturated carbocycles. The van der Waals surface area contributed by atoms with Crippen LogP contribution in [0.3, 0.4) is 0 Å². The highest BCUT2D eigenvalue weighted by Gasteiger charge is 2.32. The Morgan fingerprint density at radius 1 is 1.00 bits per heavy atom. The molecule has 0 N–H and O–H groups in total. The summed E-state index contributed by atoms with van der Waals surface area (Å²) in [6.45, 7) is 2.47. The van der Waals surface area contributed by atoms with Crippen molar-refractivity contribution < 1.29 is 4.79 Å². The van der Waals surface area contributed by atoms with E-state index in [2.05, 4.69) is 0 Å². The van der Waals surface area contributed by atoms with Crippen LogP contribution in [-0.4, -0.2) is 16.5 Å². The van der Waals surface area contributed by atoms with Crippen molar-refractivity contribution in [3.05, 3.63) is 100.0 Å². The second-order valence-electron chi connectivity index (χ2n) is 6.70. The normalized spacial score (nSPS) is 15.7. The average Bonchev–Trinajstić information content (AvgIpc) is 2.99. The summed E-state index contributed by atoms with van der Waals surface area (Å²) in [7, 11) is 0. The summed E-state index contributed by atoms with van der Waals surface area (Å²) in [6.07, 6.45) is 2.54. The summed E-state index contributed by atoms with van der Waals surface area (Å²) in [5, 5.41) is 0. The Balaban J connectivity index is 1.69. The maximum Gasteiger partial charge on any atom is 0.264 e. The Hall–Kier alpha value is -3.14. The molecule has 4 nitrogen and oxygen atoms in total. The van der Waals surface area contributed by atoms with Gasteiger partial charge in [-0.05, 0) is 42.7 Å². The van der Waals surface area contributed by atoms with Gasteiger partial charge in [-0.25, -0.2) is 0 Å². The van der Waals surface area contributed by atoms with Gasteiger partial charge < -0.3 is 9.47 Å². The number of fused-ring (bicyclic) bond motifs is 1. The fraction of sp³-hybridized carbons (Fsp3) is 0.182. The smallest absolute Gasteiger partial charge is 0.264 e. The Morgan fingerprint density at radius 3 is 2.54 bits per heavy atom. The molecular formula is C22H20N2O2. The zero-order valence-electron chi connectivity index (χ0n) is 14.6. The van der Waals surface area contributed by atoms with E-state index in [0.29, 0.717) is 6.54 Å². The molecule has 2 aromatic carbocycles. The Morgan fingerprint density at radius 2 is 1.73 bits per heavy atom. The Bertz CT molecular complexity index is 1010. The van der Waals surface area contributed by atoms with E-state index in [1.807, 2.05) is 61.5 Å². The molecule has 1 aliphatic rings. The van der Waals surface area contributed by atoms with Gasteiger partial charge in [0, 0.05) is 17.9 Å². The van der Waals surface area contributed by atoms with Crippen molar-refractivity contribution in [2.24, 2.45) is 0 Å². The summed E-state index contributed by atoms with van der Waals surface area (Å²) < 4.78 is 1.59. The molecule has 1 atom stereocenters. The number of hydrogen-bond donors (Lipinski definition) is 0. The van der Waals surface area contributed by atoms with E-state index in [0.717, 1.165) is 23.2 Å². The van der Waals surface area contributed by atoms with Crippen molar-refractivity contribution in [1.29, 1.82) is 0 Å². The summed E-state index contributed by atoms with van der Waals surface area (Å²) in [5.41, 5.74) is 3.04. The van der Waals surface area contributed by atoms with Crippen LogP contribution in [-0.2, 0) is 13.0 Å². The largest absolute Gasteiger partial charge is 0.310 e. The Kier molecular flexibility index (Phi) is 4.17. The number of nitrogens with zero attached hydrogens (tertiary/aromatic N) is 2. The number of aromatic nitrogens is 1. The minimum atomic E-state index is -0.252. The first-order valence-corrected chi connectivity index (χ1v) is 8.80. The van der Waals surface area contributed by atoms with E-state index in [4.69, 9.17) is 0 Å². The molecule has 4 heteroatoms. The van der Waals surface area contributed by atoms with Crippen LogP contribution < -0.4 is 10.5 Å². The number of anilines is 1. The lowest BCUT2D eigenvalue weighted by atomic mass is 10.1. The van der Waals surface area contributed by atoms with Crippen LogP contribution >= 0.6 is 0 Å². The van der Waals surface area contributed by atoms with Crippen molar-refractivity contribution in [1.82, 2.24) is 4.57 Å². The fourth-order valence-corrected chi connectivity index (χ4v) is 3.61. The molecule has 2 heterocycles. The van der Waals surface area contributed by atoms with Gasteiger partial charge in [-0.15, -0.1) is 0 Å². The quantitative estimate of drug-likeness (QED) is 0.730. The molecule has 0 unspecified atom stereocenters. The summed E-state index contributed by atoms with van der Waals surface area (Å²) in [5.74, 6) is -0.227. The van der Waals surface area contributed by atoms with Gasteiger partial charge in [0.15, 0.2) is 0 Å². The number of rotatable bonds is 3. The number of pyridine rings is 1. The average molecular weight is 344 g/mol. The number of para-hydroxylation sites is 1. The SMILES string of the molecule is C[C@@H]1Cc2ccccc2N1C(=O)c1cccn(Cc2ccccc2)c1=O. The van der Waals surface area contributed by atoms with E-state index in [9.17, 15) is 9.59 Å². The van der Waals surface area contributed by atoms with Crippen molar-refractivity contribution in [2.45, 2.75) is 25.9 Å². The van der Waals surface area contributed by atoms with Gasteiger partial charge in [-0.3, -0.25) is 9.59 Å². The predicted molar refractivity (Wildman–Crippen MR) is 103 cm³/mol. The van der Waals surface area contributed by atoms with Crippen LogP contribution in [0.2, 0.25) is 0 Å². The summed E-state index contributed by atoms with van der Waals surface area (Å²) in [6, 6.07) is 21.1. The molecule has 130 valence electrons. The summed E-state index contributed by atoms with van der Waals surface area (Å²) >= 11 is 0. The number of amides is 1. The van der Waals surface area contributed by atoms with Crippen molar-refractivity contribution >= 4 is 11.6 Å². The van der Waals surface area contributed by atoms with Crippen LogP contribution in [0.1, 0.15) is 28.4 Å². The minimum absolute atomic E-state index is 0.0436. The van der Waals surface area contributed by atoms with Gasteiger partial charge in [-0.1, -0.05) is 48.5 Å². The topological polar surface area (TPSA) is 42.3 Å². The van der Waals surface area contributed by atoms with E-state index in [1.54, 1.807) is 27.8 Å². The zero-order valence-corrected chi connectivity index (χ0v) is 14.6. The summed E-state index contributed by atoms with van der Waals surface area (Å²) in [4.78, 5) is 27.8. The maximum atomic E-state index is 13.2. The molecule has 26 heavy (non-hydrogen) atoms. The number of benzene rings is 2. The number of hydrogen-bond acceptors (Lipinski definition) is 2. The predicted octanol–water partition coefficient (Wildman–Crippen LogP) is 3.49. The Labute approximate surface area is 152 Å². The van der Waals surface area contributed by atoms with Crippen LogP contribution in [0.25, 0.3) is 0 Å². The van der Waals surface area contributed by atoms with Crippen LogP contribution in [0, 0.1) is 0 Å². The molecule has 0 bridgehead atoms. The third kappa shape index (κ3) is 2.84. The van der Waals surface area contributed by atoms with E-state index < -0.39 is 0 Å². The number of carbonyl (C=O) groups is 1. The molecule has 1 amide bonds. The standard InChI is InChI=1S/C22H20N2O2/c1-16-14-18-10-5-6-12-20(18)24(16)22(26)19-11-7-13-23(21(19)25)15-17-8-3-2-4-9-17/h2-13,16H,14-15H2,1H3/t16-/m1/s1. The highest BCUT2D eigenvalue weighted by molar-refractivity contribution is 6.07. The van der Waals surface area contributed by atoms with Gasteiger partial charge in [0.05, 0.1) is 6.54 Å². The lowest BCUT2D eigenvalue weighted by Gasteiger charge is -2.22. The molecule has 0 spiro atoms. The van der Waals surface area contributed by atoms with Gasteiger partial charge in [0.25, 0.3) is 11.5 Å². The van der Waals surface area contributed by atoms with Crippen molar-refractivity contribution in [3.8, 4) is 0 Å². The van der Waals surface area contributed by atoms with Crippen LogP contribution in [0.15, 0.2) is 77.7 Å². The fourth-order valence-electron chi connectivity index (χ4n) is 3.61. The van der Waals surface area contributed by atoms with Gasteiger partial charge >= 0.3 is 0 Å². The number of carbonyl (C=O) groups excluding carboxylic acids is 1. The first-order valence-electron chi connectivity index (χ1n) is 8.80. The highest BCUT2D eigenvalue weighted by atomic mass is 16.2. The highest BCUT2D eigenvalue weighted by Crippen LogP contribution is 2.32. The molecule has 1 aromatic heterocycles. The maximum absolute atomic E-state index is 13.2. The second kappa shape index (κ2) is 6.64. The molecule has 1 aliphatic heterocycles. The first-order chi connectivity index (χ1) is 12.6. The van der Waals surface area contributed by atoms with E-state index in [1.165, 1.54) is 0 Å². The second-order valence-corrected chi connectivity index (χ2v) is 6.70. The van der Waals surface area contributed by atoms with Gasteiger partial charge in [-0.2, -0.15) is 0 Å². The molecular weight excluding hydrogens is 324 g/mol. The third-order valence-electron chi connectivity index (χ3n) is 4.87. The van der Waals surface area contributed by atoms with Crippen molar-refractivity contribution in [3.63, 3.8) is 0 Å². The molecule has 0 radical (unpaired) electrons. The lowest BCUT2D eigenvalue weighted by molar-refractivity contribution is 0.0979. The van der Waals surface area contributed by atoms with Crippen LogP contribution in [0.5, 0.6) is 0 Å². The monoisotopic (exact) mass is 344 g/mol. The third-order valence-corrected chi connectivity index (χ3v) is 4.87. The van der Waals surface area contributed by atoms with Gasteiger partial charge in [0.1, 0.15) is 5.56 Å². The molecule has 3 aromatic rings. The molecule has 0 fully saturated rings. The lowest BCUT2D eigenvalue weighted by Crippen LogP contribution is -2.39. The molecule has 4 rings (SSSR count). The van der Waals surface area contributed by atoms with E-state index in [-0.39, 0.29) is 23.1 Å². The van der Waals surface area contributed by atoms with Crippen molar-refractivity contribution in [2.75, 3.05) is 4.90 Å². The molecule has 0 saturated heterocycles. The zero-order chi connectivity index (χ0) is 18.1. The van der Waals surface area contributed by atoms with Gasteiger partial charge in [0.2, 0.25) is 0 Å². The molecule has 0 aliphatic carbocycles. The minimum Gasteiger partial charge on any atom is -0.310 e. The van der Waals surface area contributed by atoms with E-state index >= 15 is 0 Å². The first kappa shape index (κ1) is 16.3. The van der Waals surface area contributed by atoms with Crippen LogP contribution in [0.4, 0.5) is 5.69 Å².